The molecule has 2 amide bonds. The predicted octanol–water partition coefficient (Wildman–Crippen LogP) is 5.24. The molecule has 1 heterocycles. The number of nitrogens with one attached hydrogen (secondary N) is 1. The van der Waals surface area contributed by atoms with Crippen LogP contribution in [0.25, 0.3) is 6.08 Å². The lowest BCUT2D eigenvalue weighted by Crippen LogP contribution is -2.54. The van der Waals surface area contributed by atoms with Gasteiger partial charge in [0.05, 0.1) is 5.69 Å². The van der Waals surface area contributed by atoms with Crippen LogP contribution in [0, 0.1) is 20.8 Å². The fourth-order valence-corrected chi connectivity index (χ4v) is 4.02. The Kier molecular flexibility index (Phi) is 5.88. The largest absolute Gasteiger partial charge is 0.457 e. The molecular formula is C26H22N2O3S. The van der Waals surface area contributed by atoms with Gasteiger partial charge in [0.1, 0.15) is 17.1 Å². The Hall–Kier alpha value is -3.77. The van der Waals surface area contributed by atoms with Gasteiger partial charge in [-0.1, -0.05) is 35.9 Å². The lowest BCUT2D eigenvalue weighted by Gasteiger charge is -2.29. The lowest BCUT2D eigenvalue weighted by atomic mass is 9.97. The summed E-state index contributed by atoms with van der Waals surface area (Å²) in [5.74, 6) is 0.377. The van der Waals surface area contributed by atoms with Crippen molar-refractivity contribution in [3.8, 4) is 11.5 Å². The van der Waals surface area contributed by atoms with Crippen LogP contribution in [0.4, 0.5) is 5.69 Å². The normalized spacial score (nSPS) is 15.2. The molecule has 3 aromatic rings. The van der Waals surface area contributed by atoms with Gasteiger partial charge in [-0.15, -0.1) is 0 Å². The monoisotopic (exact) mass is 442 g/mol. The molecule has 1 fully saturated rings. The Labute approximate surface area is 192 Å². The number of hydrogen-bond acceptors (Lipinski definition) is 4. The zero-order valence-electron chi connectivity index (χ0n) is 18.0. The first-order valence-corrected chi connectivity index (χ1v) is 10.6. The van der Waals surface area contributed by atoms with E-state index in [1.54, 1.807) is 30.3 Å². The highest BCUT2D eigenvalue weighted by atomic mass is 32.1. The van der Waals surface area contributed by atoms with Crippen LogP contribution < -0.4 is 15.0 Å². The molecule has 6 heteroatoms. The number of amides is 2. The summed E-state index contributed by atoms with van der Waals surface area (Å²) in [6, 6.07) is 20.5. The SMILES string of the molecule is Cc1cc(C)c(C=C2C(=O)NC(=S)N(c3ccc(Oc4ccccc4)cc3)C2=O)c(C)c1. The van der Waals surface area contributed by atoms with Crippen molar-refractivity contribution in [3.63, 3.8) is 0 Å². The molecule has 1 aliphatic heterocycles. The number of ether oxygens (including phenoxy) is 1. The summed E-state index contributed by atoms with van der Waals surface area (Å²) in [4.78, 5) is 27.2. The molecule has 0 saturated carbocycles. The van der Waals surface area contributed by atoms with Crippen molar-refractivity contribution < 1.29 is 14.3 Å². The van der Waals surface area contributed by atoms with E-state index in [1.807, 2.05) is 63.2 Å². The highest BCUT2D eigenvalue weighted by Crippen LogP contribution is 2.28. The molecule has 0 bridgehead atoms. The Morgan fingerprint density at radius 1 is 0.875 bits per heavy atom. The Balaban J connectivity index is 1.64. The molecule has 0 radical (unpaired) electrons. The molecule has 160 valence electrons. The third-order valence-electron chi connectivity index (χ3n) is 5.20. The summed E-state index contributed by atoms with van der Waals surface area (Å²) in [5, 5.41) is 2.68. The van der Waals surface area contributed by atoms with Crippen molar-refractivity contribution >= 4 is 40.9 Å². The quantitative estimate of drug-likeness (QED) is 0.341. The van der Waals surface area contributed by atoms with Gasteiger partial charge in [0.15, 0.2) is 5.11 Å². The molecule has 5 nitrogen and oxygen atoms in total. The van der Waals surface area contributed by atoms with Crippen LogP contribution in [0.2, 0.25) is 0 Å². The minimum absolute atomic E-state index is 0.0401. The van der Waals surface area contributed by atoms with Crippen LogP contribution in [-0.4, -0.2) is 16.9 Å². The maximum absolute atomic E-state index is 13.3. The molecule has 0 unspecified atom stereocenters. The van der Waals surface area contributed by atoms with E-state index in [4.69, 9.17) is 17.0 Å². The maximum Gasteiger partial charge on any atom is 0.270 e. The second kappa shape index (κ2) is 8.77. The van der Waals surface area contributed by atoms with Gasteiger partial charge in [-0.3, -0.25) is 19.8 Å². The molecular weight excluding hydrogens is 420 g/mol. The molecule has 1 aliphatic rings. The molecule has 3 aromatic carbocycles. The van der Waals surface area contributed by atoms with Gasteiger partial charge in [-0.05, 0) is 92.2 Å². The van der Waals surface area contributed by atoms with Gasteiger partial charge < -0.3 is 4.74 Å². The van der Waals surface area contributed by atoms with E-state index in [2.05, 4.69) is 5.32 Å². The van der Waals surface area contributed by atoms with Crippen molar-refractivity contribution in [1.82, 2.24) is 5.32 Å². The first-order chi connectivity index (χ1) is 15.3. The number of nitrogens with zero attached hydrogens (tertiary/aromatic N) is 1. The average Bonchev–Trinajstić information content (AvgIpc) is 2.74. The Bertz CT molecular complexity index is 1220. The number of para-hydroxylation sites is 1. The number of rotatable bonds is 4. The van der Waals surface area contributed by atoms with E-state index in [-0.39, 0.29) is 10.7 Å². The van der Waals surface area contributed by atoms with Crippen molar-refractivity contribution in [2.75, 3.05) is 4.90 Å². The number of aryl methyl sites for hydroxylation is 3. The van der Waals surface area contributed by atoms with Crippen LogP contribution in [0.1, 0.15) is 22.3 Å². The van der Waals surface area contributed by atoms with Gasteiger partial charge in [0.25, 0.3) is 11.8 Å². The van der Waals surface area contributed by atoms with E-state index in [1.165, 1.54) is 4.90 Å². The number of carbonyl (C=O) groups excluding carboxylic acids is 2. The molecule has 0 spiro atoms. The number of thiocarbonyl (C=S) groups is 1. The lowest BCUT2D eigenvalue weighted by molar-refractivity contribution is -0.122. The third kappa shape index (κ3) is 4.31. The second-order valence-electron chi connectivity index (χ2n) is 7.68. The molecule has 1 N–H and O–H groups in total. The van der Waals surface area contributed by atoms with Gasteiger partial charge in [0.2, 0.25) is 0 Å². The fourth-order valence-electron chi connectivity index (χ4n) is 3.74. The van der Waals surface area contributed by atoms with E-state index in [9.17, 15) is 9.59 Å². The van der Waals surface area contributed by atoms with E-state index >= 15 is 0 Å². The van der Waals surface area contributed by atoms with E-state index in [0.717, 1.165) is 22.3 Å². The van der Waals surface area contributed by atoms with Crippen molar-refractivity contribution in [2.45, 2.75) is 20.8 Å². The second-order valence-corrected chi connectivity index (χ2v) is 8.07. The minimum atomic E-state index is -0.500. The zero-order chi connectivity index (χ0) is 22.8. The Morgan fingerprint density at radius 2 is 1.47 bits per heavy atom. The molecule has 0 atom stereocenters. The van der Waals surface area contributed by atoms with Crippen LogP contribution in [0.3, 0.4) is 0 Å². The standard InChI is InChI=1S/C26H22N2O3S/c1-16-13-17(2)22(18(3)14-16)15-23-24(29)27-26(32)28(25(23)30)19-9-11-21(12-10-19)31-20-7-5-4-6-8-20/h4-15H,1-3H3,(H,27,29,32). The molecule has 32 heavy (non-hydrogen) atoms. The summed E-state index contributed by atoms with van der Waals surface area (Å²) in [6.07, 6.45) is 1.64. The fraction of sp³-hybridized carbons (Fsp3) is 0.115. The van der Waals surface area contributed by atoms with E-state index < -0.39 is 11.8 Å². The van der Waals surface area contributed by atoms with Gasteiger partial charge in [-0.25, -0.2) is 0 Å². The molecule has 0 aliphatic carbocycles. The predicted molar refractivity (Wildman–Crippen MR) is 130 cm³/mol. The van der Waals surface area contributed by atoms with Gasteiger partial charge >= 0.3 is 0 Å². The topological polar surface area (TPSA) is 58.6 Å². The number of hydrogen-bond donors (Lipinski definition) is 1. The van der Waals surface area contributed by atoms with Crippen molar-refractivity contribution in [3.05, 3.63) is 94.6 Å². The van der Waals surface area contributed by atoms with Crippen LogP contribution in [-0.2, 0) is 9.59 Å². The van der Waals surface area contributed by atoms with Crippen LogP contribution >= 0.6 is 12.2 Å². The van der Waals surface area contributed by atoms with Crippen LogP contribution in [0.15, 0.2) is 72.3 Å². The van der Waals surface area contributed by atoms with Gasteiger partial charge in [0, 0.05) is 0 Å². The first-order valence-electron chi connectivity index (χ1n) is 10.2. The molecule has 1 saturated heterocycles. The highest BCUT2D eigenvalue weighted by molar-refractivity contribution is 7.80. The summed E-state index contributed by atoms with van der Waals surface area (Å²) < 4.78 is 5.81. The minimum Gasteiger partial charge on any atom is -0.457 e. The summed E-state index contributed by atoms with van der Waals surface area (Å²) in [7, 11) is 0. The summed E-state index contributed by atoms with van der Waals surface area (Å²) in [6.45, 7) is 5.94. The number of anilines is 1. The zero-order valence-corrected chi connectivity index (χ0v) is 18.8. The number of carbonyl (C=O) groups is 2. The molecule has 4 rings (SSSR count). The summed E-state index contributed by atoms with van der Waals surface area (Å²) in [5.41, 5.74) is 4.56. The first kappa shape index (κ1) is 21.5. The highest BCUT2D eigenvalue weighted by Gasteiger charge is 2.34. The van der Waals surface area contributed by atoms with Crippen LogP contribution in [0.5, 0.6) is 11.5 Å². The smallest absolute Gasteiger partial charge is 0.270 e. The Morgan fingerprint density at radius 3 is 2.09 bits per heavy atom. The summed E-state index contributed by atoms with van der Waals surface area (Å²) >= 11 is 5.30. The maximum atomic E-state index is 13.3. The average molecular weight is 443 g/mol. The van der Waals surface area contributed by atoms with Gasteiger partial charge in [-0.2, -0.15) is 0 Å². The molecule has 0 aromatic heterocycles. The van der Waals surface area contributed by atoms with E-state index in [0.29, 0.717) is 17.2 Å². The third-order valence-corrected chi connectivity index (χ3v) is 5.49. The van der Waals surface area contributed by atoms with Crippen molar-refractivity contribution in [2.24, 2.45) is 0 Å². The number of benzene rings is 3. The van der Waals surface area contributed by atoms with Crippen molar-refractivity contribution in [1.29, 1.82) is 0 Å².